The standard InChI is InChI=1S/C23H32N6O2S/c1-14-6-7-17(30)15(2)20(14)26-21(31)18-12-24-22(32-18)25-19-9-11-29(27-19)16-8-10-28(13-16)23(3,4)5/h6-7,9,11-12,14,16,20,30H,8,10,13H2,1-5H3,(H,26,31)(H,24,25,27). The molecule has 3 atom stereocenters. The number of likely N-dealkylation sites (tertiary alicyclic amines) is 1. The summed E-state index contributed by atoms with van der Waals surface area (Å²) in [7, 11) is 0. The van der Waals surface area contributed by atoms with E-state index in [2.05, 4.69) is 46.4 Å². The average molecular weight is 457 g/mol. The highest BCUT2D eigenvalue weighted by Gasteiger charge is 2.31. The summed E-state index contributed by atoms with van der Waals surface area (Å²) in [5, 5.41) is 21.5. The summed E-state index contributed by atoms with van der Waals surface area (Å²) in [5.74, 6) is 0.835. The van der Waals surface area contributed by atoms with Gasteiger partial charge < -0.3 is 15.7 Å². The largest absolute Gasteiger partial charge is 0.508 e. The number of rotatable bonds is 5. The lowest BCUT2D eigenvalue weighted by Gasteiger charge is -2.31. The Morgan fingerprint density at radius 2 is 2.12 bits per heavy atom. The zero-order valence-corrected chi connectivity index (χ0v) is 20.1. The van der Waals surface area contributed by atoms with Crippen LogP contribution in [-0.2, 0) is 0 Å². The van der Waals surface area contributed by atoms with Crippen LogP contribution in [0.1, 0.15) is 56.8 Å². The molecule has 4 rings (SSSR count). The number of amides is 1. The van der Waals surface area contributed by atoms with Crippen LogP contribution < -0.4 is 10.6 Å². The van der Waals surface area contributed by atoms with Gasteiger partial charge in [0.1, 0.15) is 10.6 Å². The number of anilines is 2. The van der Waals surface area contributed by atoms with E-state index in [0.717, 1.165) is 30.9 Å². The lowest BCUT2D eigenvalue weighted by atomic mass is 9.90. The predicted molar refractivity (Wildman–Crippen MR) is 127 cm³/mol. The number of aliphatic hydroxyl groups excluding tert-OH is 1. The van der Waals surface area contributed by atoms with Gasteiger partial charge in [-0.25, -0.2) is 4.98 Å². The highest BCUT2D eigenvalue weighted by Crippen LogP contribution is 2.29. The first-order chi connectivity index (χ1) is 15.1. The molecule has 172 valence electrons. The molecule has 32 heavy (non-hydrogen) atoms. The minimum Gasteiger partial charge on any atom is -0.508 e. The van der Waals surface area contributed by atoms with Crippen molar-refractivity contribution in [3.05, 3.63) is 46.8 Å². The zero-order valence-electron chi connectivity index (χ0n) is 19.3. The van der Waals surface area contributed by atoms with Gasteiger partial charge >= 0.3 is 0 Å². The van der Waals surface area contributed by atoms with Crippen LogP contribution >= 0.6 is 11.3 Å². The molecule has 2 aliphatic rings. The van der Waals surface area contributed by atoms with E-state index in [0.29, 0.717) is 16.1 Å². The fraction of sp³-hybridized carbons (Fsp3) is 0.522. The number of carbonyl (C=O) groups is 1. The number of aliphatic hydroxyl groups is 1. The minimum absolute atomic E-state index is 0.106. The average Bonchev–Trinajstić information content (AvgIpc) is 3.48. The van der Waals surface area contributed by atoms with E-state index in [-0.39, 0.29) is 29.2 Å². The molecular formula is C23H32N6O2S. The second kappa shape index (κ2) is 8.71. The van der Waals surface area contributed by atoms with E-state index in [1.165, 1.54) is 11.3 Å². The van der Waals surface area contributed by atoms with Gasteiger partial charge in [0.25, 0.3) is 5.91 Å². The summed E-state index contributed by atoms with van der Waals surface area (Å²) >= 11 is 1.28. The molecule has 1 amide bonds. The Morgan fingerprint density at radius 1 is 1.34 bits per heavy atom. The van der Waals surface area contributed by atoms with Crippen molar-refractivity contribution in [2.75, 3.05) is 18.4 Å². The maximum atomic E-state index is 12.7. The second-order valence-electron chi connectivity index (χ2n) is 9.63. The minimum atomic E-state index is -0.235. The van der Waals surface area contributed by atoms with E-state index < -0.39 is 0 Å². The fourth-order valence-electron chi connectivity index (χ4n) is 4.21. The van der Waals surface area contributed by atoms with Gasteiger partial charge in [-0.2, -0.15) is 5.10 Å². The normalized spacial score (nSPS) is 24.2. The van der Waals surface area contributed by atoms with Crippen LogP contribution in [-0.4, -0.2) is 55.3 Å². The summed E-state index contributed by atoms with van der Waals surface area (Å²) in [6.45, 7) is 12.6. The lowest BCUT2D eigenvalue weighted by molar-refractivity contribution is 0.0939. The molecular weight excluding hydrogens is 424 g/mol. The smallest absolute Gasteiger partial charge is 0.263 e. The molecule has 3 heterocycles. The number of thiazole rings is 1. The summed E-state index contributed by atoms with van der Waals surface area (Å²) in [6.07, 6.45) is 8.23. The predicted octanol–water partition coefficient (Wildman–Crippen LogP) is 4.26. The van der Waals surface area contributed by atoms with Crippen molar-refractivity contribution >= 4 is 28.2 Å². The lowest BCUT2D eigenvalue weighted by Crippen LogP contribution is -2.41. The fourth-order valence-corrected chi connectivity index (χ4v) is 4.94. The molecule has 3 N–H and O–H groups in total. The summed E-state index contributed by atoms with van der Waals surface area (Å²) in [5.41, 5.74) is 0.929. The SMILES string of the molecule is CC1=C(O)C=CC(C)C1NC(=O)c1cnc(Nc2ccn(C3CCN(C(C)(C)C)C3)n2)s1. The third-order valence-electron chi connectivity index (χ3n) is 6.30. The quantitative estimate of drug-likeness (QED) is 0.622. The molecule has 0 radical (unpaired) electrons. The molecule has 0 bridgehead atoms. The van der Waals surface area contributed by atoms with E-state index in [4.69, 9.17) is 0 Å². The number of hydrogen-bond acceptors (Lipinski definition) is 7. The monoisotopic (exact) mass is 456 g/mol. The van der Waals surface area contributed by atoms with Crippen LogP contribution in [0.15, 0.2) is 41.9 Å². The van der Waals surface area contributed by atoms with E-state index in [1.807, 2.05) is 36.9 Å². The Morgan fingerprint density at radius 3 is 2.84 bits per heavy atom. The van der Waals surface area contributed by atoms with Crippen molar-refractivity contribution < 1.29 is 9.90 Å². The highest BCUT2D eigenvalue weighted by atomic mass is 32.1. The van der Waals surface area contributed by atoms with Crippen LogP contribution in [0, 0.1) is 5.92 Å². The van der Waals surface area contributed by atoms with Gasteiger partial charge in [0.2, 0.25) is 0 Å². The number of hydrogen-bond donors (Lipinski definition) is 3. The van der Waals surface area contributed by atoms with Crippen molar-refractivity contribution in [1.82, 2.24) is 25.0 Å². The first kappa shape index (κ1) is 22.5. The first-order valence-electron chi connectivity index (χ1n) is 11.0. The topological polar surface area (TPSA) is 95.3 Å². The molecule has 1 aliphatic carbocycles. The molecule has 0 saturated carbocycles. The van der Waals surface area contributed by atoms with E-state index >= 15 is 0 Å². The van der Waals surface area contributed by atoms with Gasteiger partial charge in [0, 0.05) is 30.9 Å². The van der Waals surface area contributed by atoms with Crippen LogP contribution in [0.5, 0.6) is 0 Å². The number of carbonyl (C=O) groups excluding carboxylic acids is 1. The summed E-state index contributed by atoms with van der Waals surface area (Å²) < 4.78 is 2.02. The Hall–Kier alpha value is -2.65. The van der Waals surface area contributed by atoms with Crippen molar-refractivity contribution in [2.24, 2.45) is 5.92 Å². The molecule has 1 fully saturated rings. The van der Waals surface area contributed by atoms with Crippen molar-refractivity contribution in [3.8, 4) is 0 Å². The zero-order chi connectivity index (χ0) is 23.0. The first-order valence-corrected chi connectivity index (χ1v) is 11.9. The van der Waals surface area contributed by atoms with Crippen LogP contribution in [0.2, 0.25) is 0 Å². The highest BCUT2D eigenvalue weighted by molar-refractivity contribution is 7.17. The van der Waals surface area contributed by atoms with E-state index in [1.54, 1.807) is 12.3 Å². The van der Waals surface area contributed by atoms with Gasteiger partial charge in [0.15, 0.2) is 10.9 Å². The molecule has 1 saturated heterocycles. The van der Waals surface area contributed by atoms with Crippen LogP contribution in [0.3, 0.4) is 0 Å². The number of aromatic nitrogens is 3. The van der Waals surface area contributed by atoms with E-state index in [9.17, 15) is 9.90 Å². The second-order valence-corrected chi connectivity index (χ2v) is 10.7. The van der Waals surface area contributed by atoms with Gasteiger partial charge in [0.05, 0.1) is 18.3 Å². The summed E-state index contributed by atoms with van der Waals surface area (Å²) in [6, 6.07) is 2.07. The van der Waals surface area contributed by atoms with Crippen molar-refractivity contribution in [2.45, 2.75) is 58.7 Å². The Bertz CT molecular complexity index is 1050. The van der Waals surface area contributed by atoms with Gasteiger partial charge in [-0.15, -0.1) is 0 Å². The van der Waals surface area contributed by atoms with Gasteiger partial charge in [-0.1, -0.05) is 24.3 Å². The Balaban J connectivity index is 1.37. The third kappa shape index (κ3) is 4.73. The molecule has 3 unspecified atom stereocenters. The Kier molecular flexibility index (Phi) is 6.13. The van der Waals surface area contributed by atoms with Crippen LogP contribution in [0.4, 0.5) is 10.9 Å². The molecule has 8 nitrogen and oxygen atoms in total. The van der Waals surface area contributed by atoms with Gasteiger partial charge in [-0.3, -0.25) is 14.4 Å². The molecule has 1 aliphatic heterocycles. The molecule has 0 spiro atoms. The summed E-state index contributed by atoms with van der Waals surface area (Å²) in [4.78, 5) is 20.1. The molecule has 2 aromatic heterocycles. The number of nitrogens with zero attached hydrogens (tertiary/aromatic N) is 4. The Labute approximate surface area is 193 Å². The molecule has 0 aromatic carbocycles. The third-order valence-corrected chi connectivity index (χ3v) is 7.21. The van der Waals surface area contributed by atoms with Gasteiger partial charge in [-0.05, 0) is 51.7 Å². The maximum Gasteiger partial charge on any atom is 0.263 e. The van der Waals surface area contributed by atoms with Crippen molar-refractivity contribution in [1.29, 1.82) is 0 Å². The number of allylic oxidation sites excluding steroid dienone is 1. The maximum absolute atomic E-state index is 12.7. The number of nitrogens with one attached hydrogen (secondary N) is 2. The molecule has 2 aromatic rings. The van der Waals surface area contributed by atoms with Crippen LogP contribution in [0.25, 0.3) is 0 Å². The molecule has 9 heteroatoms. The van der Waals surface area contributed by atoms with Crippen molar-refractivity contribution in [3.63, 3.8) is 0 Å².